The topological polar surface area (TPSA) is 46.2 Å². The van der Waals surface area contributed by atoms with Gasteiger partial charge in [-0.3, -0.25) is 0 Å². The quantitative estimate of drug-likeness (QED) is 0.891. The van der Waals surface area contributed by atoms with E-state index in [1.807, 2.05) is 12.1 Å². The van der Waals surface area contributed by atoms with Crippen LogP contribution in [0.3, 0.4) is 0 Å². The molecule has 0 spiro atoms. The van der Waals surface area contributed by atoms with Crippen molar-refractivity contribution in [3.8, 4) is 0 Å². The average molecular weight is 297 g/mol. The van der Waals surface area contributed by atoms with Crippen LogP contribution in [0.1, 0.15) is 24.9 Å². The van der Waals surface area contributed by atoms with Crippen molar-refractivity contribution in [1.29, 1.82) is 0 Å². The first-order valence-corrected chi connectivity index (χ1v) is 9.32. The summed E-state index contributed by atoms with van der Waals surface area (Å²) >= 11 is 1.67. The van der Waals surface area contributed by atoms with Gasteiger partial charge in [0.25, 0.3) is 0 Å². The number of hydrogen-bond donors (Lipinski definition) is 1. The molecule has 1 unspecified atom stereocenters. The second-order valence-corrected chi connectivity index (χ2v) is 7.88. The van der Waals surface area contributed by atoms with Gasteiger partial charge in [0.05, 0.1) is 5.75 Å². The number of benzene rings is 1. The van der Waals surface area contributed by atoms with Gasteiger partial charge in [0.1, 0.15) is 9.84 Å². The average Bonchev–Trinajstić information content (AvgIpc) is 2.77. The minimum Gasteiger partial charge on any atom is -0.309 e. The van der Waals surface area contributed by atoms with Crippen LogP contribution in [-0.2, 0) is 9.84 Å². The molecule has 104 valence electrons. The Hall–Kier alpha value is -0.910. The van der Waals surface area contributed by atoms with Crippen LogP contribution in [0.25, 0.3) is 10.1 Å². The van der Waals surface area contributed by atoms with Crippen LogP contribution in [0.2, 0.25) is 0 Å². The lowest BCUT2D eigenvalue weighted by atomic mass is 10.1. The lowest BCUT2D eigenvalue weighted by molar-refractivity contribution is 0.552. The van der Waals surface area contributed by atoms with Crippen LogP contribution in [-0.4, -0.2) is 27.0 Å². The maximum absolute atomic E-state index is 11.6. The van der Waals surface area contributed by atoms with E-state index in [2.05, 4.69) is 29.8 Å². The number of rotatable bonds is 6. The SMILES string of the molecule is CCCNC(CS(C)(=O)=O)c1csc2ccccc12. The van der Waals surface area contributed by atoms with Gasteiger partial charge in [0, 0.05) is 17.0 Å². The molecule has 2 aromatic rings. The van der Waals surface area contributed by atoms with Crippen molar-refractivity contribution in [3.05, 3.63) is 35.2 Å². The molecule has 3 nitrogen and oxygen atoms in total. The fraction of sp³-hybridized carbons (Fsp3) is 0.429. The van der Waals surface area contributed by atoms with E-state index in [1.54, 1.807) is 11.3 Å². The van der Waals surface area contributed by atoms with E-state index >= 15 is 0 Å². The maximum atomic E-state index is 11.6. The molecule has 0 aliphatic rings. The van der Waals surface area contributed by atoms with Gasteiger partial charge in [0.15, 0.2) is 0 Å². The van der Waals surface area contributed by atoms with Gasteiger partial charge in [0.2, 0.25) is 0 Å². The van der Waals surface area contributed by atoms with Crippen LogP contribution < -0.4 is 5.32 Å². The highest BCUT2D eigenvalue weighted by Crippen LogP contribution is 2.30. The first kappa shape index (κ1) is 14.5. The summed E-state index contributed by atoms with van der Waals surface area (Å²) in [6.07, 6.45) is 2.28. The zero-order valence-electron chi connectivity index (χ0n) is 11.2. The van der Waals surface area contributed by atoms with Crippen LogP contribution in [0.15, 0.2) is 29.6 Å². The highest BCUT2D eigenvalue weighted by molar-refractivity contribution is 7.90. The predicted octanol–water partition coefficient (Wildman–Crippen LogP) is 2.99. The standard InChI is InChI=1S/C14H19NO2S2/c1-3-8-15-13(10-19(2,16)17)12-9-18-14-7-5-4-6-11(12)14/h4-7,9,13,15H,3,8,10H2,1-2H3. The highest BCUT2D eigenvalue weighted by Gasteiger charge is 2.19. The van der Waals surface area contributed by atoms with E-state index in [4.69, 9.17) is 0 Å². The first-order chi connectivity index (χ1) is 9.01. The van der Waals surface area contributed by atoms with Crippen molar-refractivity contribution in [2.75, 3.05) is 18.6 Å². The Balaban J connectivity index is 2.36. The van der Waals surface area contributed by atoms with Gasteiger partial charge in [-0.05, 0) is 35.4 Å². The van der Waals surface area contributed by atoms with Gasteiger partial charge in [-0.1, -0.05) is 25.1 Å². The summed E-state index contributed by atoms with van der Waals surface area (Å²) in [5.74, 6) is 0.147. The molecule has 2 rings (SSSR count). The van der Waals surface area contributed by atoms with Crippen molar-refractivity contribution < 1.29 is 8.42 Å². The lowest BCUT2D eigenvalue weighted by Crippen LogP contribution is -2.28. The van der Waals surface area contributed by atoms with E-state index in [1.165, 1.54) is 11.0 Å². The van der Waals surface area contributed by atoms with E-state index in [9.17, 15) is 8.42 Å². The molecule has 0 aliphatic carbocycles. The molecule has 0 radical (unpaired) electrons. The fourth-order valence-corrected chi connectivity index (χ4v) is 4.07. The van der Waals surface area contributed by atoms with E-state index in [0.29, 0.717) is 0 Å². The molecule has 0 bridgehead atoms. The smallest absolute Gasteiger partial charge is 0.149 e. The molecule has 1 aromatic heterocycles. The minimum absolute atomic E-state index is 0.119. The molecule has 0 saturated heterocycles. The summed E-state index contributed by atoms with van der Waals surface area (Å²) in [4.78, 5) is 0. The molecule has 0 aliphatic heterocycles. The van der Waals surface area contributed by atoms with Crippen LogP contribution in [0.4, 0.5) is 0 Å². The number of fused-ring (bicyclic) bond motifs is 1. The van der Waals surface area contributed by atoms with Crippen LogP contribution in [0.5, 0.6) is 0 Å². The molecule has 1 heterocycles. The number of sulfone groups is 1. The maximum Gasteiger partial charge on any atom is 0.149 e. The highest BCUT2D eigenvalue weighted by atomic mass is 32.2. The molecule has 1 atom stereocenters. The van der Waals surface area contributed by atoms with Crippen molar-refractivity contribution in [2.24, 2.45) is 0 Å². The molecular weight excluding hydrogens is 278 g/mol. The Bertz CT molecular complexity index is 646. The van der Waals surface area contributed by atoms with Gasteiger partial charge in [-0.2, -0.15) is 0 Å². The van der Waals surface area contributed by atoms with Crippen LogP contribution >= 0.6 is 11.3 Å². The third-order valence-corrected chi connectivity index (χ3v) is 4.92. The Morgan fingerprint density at radius 1 is 1.32 bits per heavy atom. The largest absolute Gasteiger partial charge is 0.309 e. The van der Waals surface area contributed by atoms with Crippen molar-refractivity contribution in [1.82, 2.24) is 5.32 Å². The molecule has 0 amide bonds. The molecule has 5 heteroatoms. The summed E-state index contributed by atoms with van der Waals surface area (Å²) in [5.41, 5.74) is 1.10. The Morgan fingerprint density at radius 3 is 2.74 bits per heavy atom. The second-order valence-electron chi connectivity index (χ2n) is 4.79. The molecular formula is C14H19NO2S2. The lowest BCUT2D eigenvalue weighted by Gasteiger charge is -2.17. The number of thiophene rings is 1. The van der Waals surface area contributed by atoms with E-state index in [-0.39, 0.29) is 11.8 Å². The number of nitrogens with one attached hydrogen (secondary N) is 1. The summed E-state index contributed by atoms with van der Waals surface area (Å²) < 4.78 is 24.4. The first-order valence-electron chi connectivity index (χ1n) is 6.38. The molecule has 19 heavy (non-hydrogen) atoms. The number of hydrogen-bond acceptors (Lipinski definition) is 4. The fourth-order valence-electron chi connectivity index (χ4n) is 2.15. The zero-order chi connectivity index (χ0) is 13.9. The molecule has 0 saturated carbocycles. The van der Waals surface area contributed by atoms with Crippen molar-refractivity contribution in [3.63, 3.8) is 0 Å². The summed E-state index contributed by atoms with van der Waals surface area (Å²) in [7, 11) is -3.01. The van der Waals surface area contributed by atoms with Crippen molar-refractivity contribution >= 4 is 31.3 Å². The van der Waals surface area contributed by atoms with Gasteiger partial charge in [-0.15, -0.1) is 11.3 Å². The van der Waals surface area contributed by atoms with Crippen LogP contribution in [0, 0.1) is 0 Å². The predicted molar refractivity (Wildman–Crippen MR) is 82.6 cm³/mol. The Labute approximate surface area is 118 Å². The van der Waals surface area contributed by atoms with Crippen molar-refractivity contribution in [2.45, 2.75) is 19.4 Å². The Kier molecular flexibility index (Phi) is 4.60. The minimum atomic E-state index is -3.01. The molecule has 0 fully saturated rings. The summed E-state index contributed by atoms with van der Waals surface area (Å²) in [6, 6.07) is 8.01. The molecule has 1 aromatic carbocycles. The van der Waals surface area contributed by atoms with E-state index < -0.39 is 9.84 Å². The molecule has 1 N–H and O–H groups in total. The third-order valence-electron chi connectivity index (χ3n) is 3.00. The third kappa shape index (κ3) is 3.78. The summed E-state index contributed by atoms with van der Waals surface area (Å²) in [5, 5.41) is 6.58. The zero-order valence-corrected chi connectivity index (χ0v) is 12.9. The van der Waals surface area contributed by atoms with Gasteiger partial charge >= 0.3 is 0 Å². The monoisotopic (exact) mass is 297 g/mol. The normalized spacial score (nSPS) is 13.8. The van der Waals surface area contributed by atoms with Gasteiger partial charge in [-0.25, -0.2) is 8.42 Å². The second kappa shape index (κ2) is 6.03. The Morgan fingerprint density at radius 2 is 2.05 bits per heavy atom. The van der Waals surface area contributed by atoms with E-state index in [0.717, 1.165) is 23.9 Å². The van der Waals surface area contributed by atoms with Gasteiger partial charge < -0.3 is 5.32 Å². The summed E-state index contributed by atoms with van der Waals surface area (Å²) in [6.45, 7) is 2.90.